The van der Waals surface area contributed by atoms with Crippen LogP contribution >= 0.6 is 15.9 Å². The molecule has 128 valence electrons. The normalized spacial score (nSPS) is 15.9. The molecule has 2 amide bonds. The van der Waals surface area contributed by atoms with E-state index in [4.69, 9.17) is 4.84 Å². The Bertz CT molecular complexity index is 791. The van der Waals surface area contributed by atoms with E-state index in [2.05, 4.69) is 31.7 Å². The molecule has 1 unspecified atom stereocenters. The molecular formula is C18H16BrN3O3. The highest BCUT2D eigenvalue weighted by atomic mass is 79.9. The van der Waals surface area contributed by atoms with Gasteiger partial charge in [0.15, 0.2) is 6.10 Å². The first kappa shape index (κ1) is 17.2. The molecule has 0 bridgehead atoms. The summed E-state index contributed by atoms with van der Waals surface area (Å²) in [6, 6.07) is 16.8. The van der Waals surface area contributed by atoms with Crippen LogP contribution in [-0.2, 0) is 14.4 Å². The average molecular weight is 402 g/mol. The molecule has 1 aliphatic heterocycles. The first-order valence-corrected chi connectivity index (χ1v) is 8.52. The molecule has 0 fully saturated rings. The Labute approximate surface area is 153 Å². The number of amides is 2. The standard InChI is InChI=1S/C18H16BrN3O3/c19-13-6-8-14(9-7-13)21-17(23)11-20-18(24)15-10-16(25-22-15)12-4-2-1-3-5-12/h1-9,16H,10-11H2,(H,20,24)(H,21,23). The molecule has 6 nitrogen and oxygen atoms in total. The fraction of sp³-hybridized carbons (Fsp3) is 0.167. The van der Waals surface area contributed by atoms with Gasteiger partial charge < -0.3 is 15.5 Å². The Morgan fingerprint density at radius 1 is 1.12 bits per heavy atom. The summed E-state index contributed by atoms with van der Waals surface area (Å²) >= 11 is 3.33. The molecule has 1 aliphatic rings. The van der Waals surface area contributed by atoms with Crippen molar-refractivity contribution in [3.8, 4) is 0 Å². The smallest absolute Gasteiger partial charge is 0.269 e. The first-order chi connectivity index (χ1) is 12.1. The van der Waals surface area contributed by atoms with Gasteiger partial charge in [0.1, 0.15) is 5.71 Å². The van der Waals surface area contributed by atoms with Gasteiger partial charge in [-0.2, -0.15) is 0 Å². The number of carbonyl (C=O) groups excluding carboxylic acids is 2. The summed E-state index contributed by atoms with van der Waals surface area (Å²) < 4.78 is 0.922. The maximum atomic E-state index is 12.1. The molecule has 0 aliphatic carbocycles. The van der Waals surface area contributed by atoms with Crippen LogP contribution in [0.3, 0.4) is 0 Å². The van der Waals surface area contributed by atoms with E-state index in [0.29, 0.717) is 12.1 Å². The molecule has 0 saturated carbocycles. The summed E-state index contributed by atoms with van der Waals surface area (Å²) in [5, 5.41) is 9.09. The van der Waals surface area contributed by atoms with E-state index in [0.717, 1.165) is 10.0 Å². The second kappa shape index (κ2) is 7.94. The summed E-state index contributed by atoms with van der Waals surface area (Å²) in [7, 11) is 0. The van der Waals surface area contributed by atoms with E-state index in [9.17, 15) is 9.59 Å². The lowest BCUT2D eigenvalue weighted by molar-refractivity contribution is -0.120. The molecule has 1 heterocycles. The van der Waals surface area contributed by atoms with E-state index in [1.165, 1.54) is 0 Å². The number of benzene rings is 2. The van der Waals surface area contributed by atoms with Gasteiger partial charge in [0.05, 0.1) is 6.54 Å². The molecular weight excluding hydrogens is 386 g/mol. The number of hydrogen-bond donors (Lipinski definition) is 2. The van der Waals surface area contributed by atoms with Gasteiger partial charge in [-0.1, -0.05) is 51.4 Å². The van der Waals surface area contributed by atoms with E-state index < -0.39 is 5.91 Å². The number of hydrogen-bond acceptors (Lipinski definition) is 4. The number of anilines is 1. The van der Waals surface area contributed by atoms with Crippen molar-refractivity contribution in [3.63, 3.8) is 0 Å². The van der Waals surface area contributed by atoms with E-state index in [1.54, 1.807) is 12.1 Å². The number of oxime groups is 1. The van der Waals surface area contributed by atoms with Crippen molar-refractivity contribution in [1.29, 1.82) is 0 Å². The zero-order valence-electron chi connectivity index (χ0n) is 13.2. The molecule has 0 aromatic heterocycles. The summed E-state index contributed by atoms with van der Waals surface area (Å²) in [6.45, 7) is -0.135. The Morgan fingerprint density at radius 3 is 2.56 bits per heavy atom. The molecule has 0 spiro atoms. The van der Waals surface area contributed by atoms with Crippen LogP contribution in [0.1, 0.15) is 18.1 Å². The van der Waals surface area contributed by atoms with Crippen LogP contribution in [0, 0.1) is 0 Å². The van der Waals surface area contributed by atoms with Gasteiger partial charge in [-0.3, -0.25) is 9.59 Å². The van der Waals surface area contributed by atoms with Crippen LogP contribution in [0.4, 0.5) is 5.69 Å². The lowest BCUT2D eigenvalue weighted by Crippen LogP contribution is -2.36. The molecule has 3 rings (SSSR count). The first-order valence-electron chi connectivity index (χ1n) is 7.73. The second-order valence-electron chi connectivity index (χ2n) is 5.48. The topological polar surface area (TPSA) is 79.8 Å². The summed E-state index contributed by atoms with van der Waals surface area (Å²) in [4.78, 5) is 29.3. The average Bonchev–Trinajstić information content (AvgIpc) is 3.13. The zero-order valence-corrected chi connectivity index (χ0v) is 14.8. The molecule has 7 heteroatoms. The molecule has 25 heavy (non-hydrogen) atoms. The third-order valence-corrected chi connectivity index (χ3v) is 4.17. The number of carbonyl (C=O) groups is 2. The quantitative estimate of drug-likeness (QED) is 0.807. The van der Waals surface area contributed by atoms with Crippen LogP contribution in [0.5, 0.6) is 0 Å². The van der Waals surface area contributed by atoms with E-state index in [-0.39, 0.29) is 24.3 Å². The summed E-state index contributed by atoms with van der Waals surface area (Å²) in [5.41, 5.74) is 1.90. The molecule has 0 saturated heterocycles. The Hall–Kier alpha value is -2.67. The second-order valence-corrected chi connectivity index (χ2v) is 6.40. The van der Waals surface area contributed by atoms with Gasteiger partial charge in [-0.15, -0.1) is 0 Å². The highest BCUT2D eigenvalue weighted by molar-refractivity contribution is 9.10. The number of rotatable bonds is 5. The van der Waals surface area contributed by atoms with Gasteiger partial charge in [-0.05, 0) is 29.8 Å². The predicted molar refractivity (Wildman–Crippen MR) is 98.1 cm³/mol. The van der Waals surface area contributed by atoms with Gasteiger partial charge in [0.2, 0.25) is 5.91 Å². The molecule has 1 atom stereocenters. The van der Waals surface area contributed by atoms with Crippen molar-refractivity contribution < 1.29 is 14.4 Å². The van der Waals surface area contributed by atoms with Crippen molar-refractivity contribution in [2.75, 3.05) is 11.9 Å². The Balaban J connectivity index is 1.46. The Morgan fingerprint density at radius 2 is 1.84 bits per heavy atom. The zero-order chi connectivity index (χ0) is 17.6. The third kappa shape index (κ3) is 4.67. The predicted octanol–water partition coefficient (Wildman–Crippen LogP) is 3.02. The highest BCUT2D eigenvalue weighted by Gasteiger charge is 2.27. The maximum absolute atomic E-state index is 12.1. The van der Waals surface area contributed by atoms with Crippen molar-refractivity contribution in [2.45, 2.75) is 12.5 Å². The lowest BCUT2D eigenvalue weighted by atomic mass is 10.0. The van der Waals surface area contributed by atoms with Crippen molar-refractivity contribution in [1.82, 2.24) is 5.32 Å². The van der Waals surface area contributed by atoms with Crippen LogP contribution in [-0.4, -0.2) is 24.1 Å². The van der Waals surface area contributed by atoms with Gasteiger partial charge in [0, 0.05) is 16.6 Å². The largest absolute Gasteiger partial charge is 0.387 e. The van der Waals surface area contributed by atoms with Gasteiger partial charge in [-0.25, -0.2) is 0 Å². The molecule has 0 radical (unpaired) electrons. The fourth-order valence-electron chi connectivity index (χ4n) is 2.36. The van der Waals surface area contributed by atoms with Crippen LogP contribution in [0.15, 0.2) is 64.2 Å². The SMILES string of the molecule is O=C(CNC(=O)C1=NOC(c2ccccc2)C1)Nc1ccc(Br)cc1. The monoisotopic (exact) mass is 401 g/mol. The van der Waals surface area contributed by atoms with E-state index in [1.807, 2.05) is 42.5 Å². The number of nitrogens with one attached hydrogen (secondary N) is 2. The minimum Gasteiger partial charge on any atom is -0.387 e. The highest BCUT2D eigenvalue weighted by Crippen LogP contribution is 2.26. The van der Waals surface area contributed by atoms with Crippen molar-refractivity contribution >= 4 is 39.1 Å². The summed E-state index contributed by atoms with van der Waals surface area (Å²) in [6.07, 6.45) is 0.114. The Kier molecular flexibility index (Phi) is 5.45. The van der Waals surface area contributed by atoms with E-state index >= 15 is 0 Å². The van der Waals surface area contributed by atoms with Crippen LogP contribution < -0.4 is 10.6 Å². The van der Waals surface area contributed by atoms with Crippen molar-refractivity contribution in [2.24, 2.45) is 5.16 Å². The van der Waals surface area contributed by atoms with Gasteiger partial charge >= 0.3 is 0 Å². The van der Waals surface area contributed by atoms with Crippen LogP contribution in [0.25, 0.3) is 0 Å². The van der Waals surface area contributed by atoms with Crippen molar-refractivity contribution in [3.05, 3.63) is 64.6 Å². The molecule has 2 N–H and O–H groups in total. The van der Waals surface area contributed by atoms with Gasteiger partial charge in [0.25, 0.3) is 5.91 Å². The number of nitrogens with zero attached hydrogens (tertiary/aromatic N) is 1. The third-order valence-electron chi connectivity index (χ3n) is 3.64. The maximum Gasteiger partial charge on any atom is 0.269 e. The minimum absolute atomic E-state index is 0.135. The lowest BCUT2D eigenvalue weighted by Gasteiger charge is -2.08. The van der Waals surface area contributed by atoms with Crippen LogP contribution in [0.2, 0.25) is 0 Å². The summed E-state index contributed by atoms with van der Waals surface area (Å²) in [5.74, 6) is -0.709. The molecule has 2 aromatic rings. The minimum atomic E-state index is -0.399. The molecule has 2 aromatic carbocycles. The fourth-order valence-corrected chi connectivity index (χ4v) is 2.62. The number of halogens is 1.